The maximum Gasteiger partial charge on any atom is 0.308 e. The van der Waals surface area contributed by atoms with Crippen molar-refractivity contribution in [1.29, 1.82) is 0 Å². The second-order valence-corrected chi connectivity index (χ2v) is 4.66. The fourth-order valence-electron chi connectivity index (χ4n) is 1.10. The summed E-state index contributed by atoms with van der Waals surface area (Å²) in [6.45, 7) is 2.67. The largest absolute Gasteiger partial charge is 0.481 e. The van der Waals surface area contributed by atoms with Crippen molar-refractivity contribution in [2.24, 2.45) is 0 Å². The molecule has 0 saturated carbocycles. The highest BCUT2D eigenvalue weighted by Crippen LogP contribution is 2.16. The van der Waals surface area contributed by atoms with Gasteiger partial charge in [-0.1, -0.05) is 0 Å². The molecule has 84 valence electrons. The molecule has 0 amide bonds. The number of aliphatic carboxylic acids is 1. The molecule has 0 saturated heterocycles. The lowest BCUT2D eigenvalue weighted by molar-refractivity contribution is -0.136. The summed E-state index contributed by atoms with van der Waals surface area (Å²) in [6.07, 6.45) is 0.0836. The molecule has 1 unspecified atom stereocenters. The van der Waals surface area contributed by atoms with Crippen molar-refractivity contribution in [1.82, 2.24) is 5.32 Å². The molecular weight excluding hydrogens is 214 g/mol. The first-order valence-electron chi connectivity index (χ1n) is 4.75. The van der Waals surface area contributed by atoms with E-state index in [1.165, 1.54) is 11.3 Å². The summed E-state index contributed by atoms with van der Waals surface area (Å²) < 4.78 is 0. The van der Waals surface area contributed by atoms with Crippen LogP contribution in [-0.2, 0) is 17.8 Å². The van der Waals surface area contributed by atoms with Crippen molar-refractivity contribution in [2.45, 2.75) is 25.9 Å². The molecule has 0 fully saturated rings. The minimum absolute atomic E-state index is 0.0648. The Kier molecular flexibility index (Phi) is 4.74. The smallest absolute Gasteiger partial charge is 0.308 e. The molecule has 1 aromatic rings. The molecule has 1 atom stereocenters. The zero-order valence-electron chi connectivity index (χ0n) is 8.56. The van der Waals surface area contributed by atoms with E-state index in [1.54, 1.807) is 0 Å². The van der Waals surface area contributed by atoms with Crippen molar-refractivity contribution in [3.05, 3.63) is 21.9 Å². The van der Waals surface area contributed by atoms with Gasteiger partial charge in [-0.15, -0.1) is 11.3 Å². The van der Waals surface area contributed by atoms with Gasteiger partial charge in [0.2, 0.25) is 0 Å². The molecule has 0 aliphatic carbocycles. The third-order valence-corrected chi connectivity index (χ3v) is 3.03. The van der Waals surface area contributed by atoms with Gasteiger partial charge in [-0.05, 0) is 19.1 Å². The number of carboxylic acids is 1. The highest BCUT2D eigenvalue weighted by atomic mass is 32.1. The predicted molar refractivity (Wildman–Crippen MR) is 59.0 cm³/mol. The molecular formula is C10H15NO3S. The van der Waals surface area contributed by atoms with E-state index in [1.807, 2.05) is 19.1 Å². The first-order valence-corrected chi connectivity index (χ1v) is 5.57. The van der Waals surface area contributed by atoms with Gasteiger partial charge in [0.05, 0.1) is 13.0 Å². The van der Waals surface area contributed by atoms with E-state index in [4.69, 9.17) is 10.2 Å². The zero-order valence-corrected chi connectivity index (χ0v) is 9.38. The standard InChI is InChI=1S/C10H15NO3S/c1-7(6-12)11-5-9-3-2-8(15-9)4-10(13)14/h2-3,7,11-12H,4-6H2,1H3,(H,13,14). The molecule has 1 rings (SSSR count). The first-order chi connectivity index (χ1) is 7.11. The van der Waals surface area contributed by atoms with Crippen LogP contribution >= 0.6 is 11.3 Å². The number of hydrogen-bond donors (Lipinski definition) is 3. The molecule has 3 N–H and O–H groups in total. The zero-order chi connectivity index (χ0) is 11.3. The van der Waals surface area contributed by atoms with Crippen LogP contribution in [0.25, 0.3) is 0 Å². The Bertz CT molecular complexity index is 324. The van der Waals surface area contributed by atoms with Crippen LogP contribution in [0.1, 0.15) is 16.7 Å². The third-order valence-electron chi connectivity index (χ3n) is 1.94. The highest BCUT2D eigenvalue weighted by molar-refractivity contribution is 7.12. The van der Waals surface area contributed by atoms with Gasteiger partial charge in [0.15, 0.2) is 0 Å². The van der Waals surface area contributed by atoms with Crippen molar-refractivity contribution < 1.29 is 15.0 Å². The molecule has 15 heavy (non-hydrogen) atoms. The van der Waals surface area contributed by atoms with E-state index in [0.29, 0.717) is 6.54 Å². The van der Waals surface area contributed by atoms with Crippen molar-refractivity contribution in [3.63, 3.8) is 0 Å². The summed E-state index contributed by atoms with van der Waals surface area (Å²) in [5, 5.41) is 20.5. The molecule has 1 heterocycles. The molecule has 1 aromatic heterocycles. The maximum atomic E-state index is 10.4. The lowest BCUT2D eigenvalue weighted by Gasteiger charge is -2.08. The fraction of sp³-hybridized carbons (Fsp3) is 0.500. The number of carbonyl (C=O) groups is 1. The summed E-state index contributed by atoms with van der Waals surface area (Å²) in [4.78, 5) is 12.4. The van der Waals surface area contributed by atoms with Gasteiger partial charge >= 0.3 is 5.97 Å². The second-order valence-electron chi connectivity index (χ2n) is 3.40. The average molecular weight is 229 g/mol. The van der Waals surface area contributed by atoms with Crippen LogP contribution in [0.5, 0.6) is 0 Å². The Balaban J connectivity index is 2.42. The first kappa shape index (κ1) is 12.2. The van der Waals surface area contributed by atoms with E-state index >= 15 is 0 Å². The van der Waals surface area contributed by atoms with E-state index in [9.17, 15) is 4.79 Å². The molecule has 0 bridgehead atoms. The van der Waals surface area contributed by atoms with Crippen molar-refractivity contribution in [3.8, 4) is 0 Å². The Morgan fingerprint density at radius 2 is 2.20 bits per heavy atom. The molecule has 0 radical (unpaired) electrons. The molecule has 0 aromatic carbocycles. The van der Waals surface area contributed by atoms with Gasteiger partial charge in [-0.25, -0.2) is 0 Å². The number of carboxylic acid groups (broad SMARTS) is 1. The van der Waals surface area contributed by atoms with Gasteiger partial charge < -0.3 is 15.5 Å². The second kappa shape index (κ2) is 5.85. The minimum atomic E-state index is -0.805. The Hall–Kier alpha value is -0.910. The van der Waals surface area contributed by atoms with Gasteiger partial charge in [0, 0.05) is 22.3 Å². The van der Waals surface area contributed by atoms with E-state index < -0.39 is 5.97 Å². The Morgan fingerprint density at radius 1 is 1.53 bits per heavy atom. The average Bonchev–Trinajstić information content (AvgIpc) is 2.61. The number of aliphatic hydroxyl groups excluding tert-OH is 1. The van der Waals surface area contributed by atoms with E-state index in [-0.39, 0.29) is 19.1 Å². The quantitative estimate of drug-likeness (QED) is 0.676. The SMILES string of the molecule is CC(CO)NCc1ccc(CC(=O)O)s1. The van der Waals surface area contributed by atoms with Crippen LogP contribution in [-0.4, -0.2) is 28.8 Å². The van der Waals surface area contributed by atoms with Crippen molar-refractivity contribution >= 4 is 17.3 Å². The fourth-order valence-corrected chi connectivity index (χ4v) is 2.06. The summed E-state index contributed by atoms with van der Waals surface area (Å²) in [5.41, 5.74) is 0. The third kappa shape index (κ3) is 4.42. The van der Waals surface area contributed by atoms with Gasteiger partial charge in [-0.3, -0.25) is 4.79 Å². The summed E-state index contributed by atoms with van der Waals surface area (Å²) in [6, 6.07) is 3.81. The van der Waals surface area contributed by atoms with Gasteiger partial charge in [0.1, 0.15) is 0 Å². The number of thiophene rings is 1. The van der Waals surface area contributed by atoms with Crippen LogP contribution in [0.4, 0.5) is 0 Å². The van der Waals surface area contributed by atoms with Crippen LogP contribution in [0.3, 0.4) is 0 Å². The van der Waals surface area contributed by atoms with E-state index in [0.717, 1.165) is 9.75 Å². The number of aliphatic hydroxyl groups is 1. The molecule has 5 heteroatoms. The maximum absolute atomic E-state index is 10.4. The van der Waals surface area contributed by atoms with E-state index in [2.05, 4.69) is 5.32 Å². The molecule has 4 nitrogen and oxygen atoms in total. The van der Waals surface area contributed by atoms with Crippen LogP contribution in [0, 0.1) is 0 Å². The summed E-state index contributed by atoms with van der Waals surface area (Å²) in [5.74, 6) is -0.805. The topological polar surface area (TPSA) is 69.6 Å². The summed E-state index contributed by atoms with van der Waals surface area (Å²) >= 11 is 1.49. The molecule has 0 aliphatic rings. The molecule has 0 spiro atoms. The van der Waals surface area contributed by atoms with Crippen LogP contribution in [0.2, 0.25) is 0 Å². The minimum Gasteiger partial charge on any atom is -0.481 e. The Labute approximate surface area is 92.6 Å². The monoisotopic (exact) mass is 229 g/mol. The lowest BCUT2D eigenvalue weighted by atomic mass is 10.3. The predicted octanol–water partition coefficient (Wildman–Crippen LogP) is 0.846. The van der Waals surface area contributed by atoms with Crippen LogP contribution in [0.15, 0.2) is 12.1 Å². The number of rotatable bonds is 6. The van der Waals surface area contributed by atoms with Crippen molar-refractivity contribution in [2.75, 3.05) is 6.61 Å². The van der Waals surface area contributed by atoms with Crippen LogP contribution < -0.4 is 5.32 Å². The lowest BCUT2D eigenvalue weighted by Crippen LogP contribution is -2.28. The number of hydrogen-bond acceptors (Lipinski definition) is 4. The normalized spacial score (nSPS) is 12.7. The van der Waals surface area contributed by atoms with Gasteiger partial charge in [0.25, 0.3) is 0 Å². The van der Waals surface area contributed by atoms with Gasteiger partial charge in [-0.2, -0.15) is 0 Å². The summed E-state index contributed by atoms with van der Waals surface area (Å²) in [7, 11) is 0. The molecule has 0 aliphatic heterocycles. The highest BCUT2D eigenvalue weighted by Gasteiger charge is 2.05. The Morgan fingerprint density at radius 3 is 2.80 bits per heavy atom. The number of nitrogens with one attached hydrogen (secondary N) is 1.